The van der Waals surface area contributed by atoms with E-state index in [4.69, 9.17) is 4.89 Å². The van der Waals surface area contributed by atoms with E-state index in [2.05, 4.69) is 6.92 Å². The van der Waals surface area contributed by atoms with Crippen molar-refractivity contribution in [2.24, 2.45) is 0 Å². The maximum atomic E-state index is 10.6. The molecule has 66 valence electrons. The van der Waals surface area contributed by atoms with Crippen molar-refractivity contribution in [3.05, 3.63) is 0 Å². The summed E-state index contributed by atoms with van der Waals surface area (Å²) in [5, 5.41) is 0. The largest absolute Gasteiger partial charge is 0.369 e. The van der Waals surface area contributed by atoms with Gasteiger partial charge in [0.15, 0.2) is 5.52 Å². The number of rotatable bonds is 7. The summed E-state index contributed by atoms with van der Waals surface area (Å²) in [4.78, 5) is 19.0. The van der Waals surface area contributed by atoms with E-state index < -0.39 is 8.81 Å². The molecule has 1 N–H and O–H groups in total. The third-order valence-corrected chi connectivity index (χ3v) is 2.13. The molecule has 0 aliphatic carbocycles. The van der Waals surface area contributed by atoms with Crippen LogP contribution in [0.4, 0.5) is 0 Å². The van der Waals surface area contributed by atoms with Gasteiger partial charge in [0, 0.05) is 6.42 Å². The summed E-state index contributed by atoms with van der Waals surface area (Å²) in [5.74, 6) is 0. The average Bonchev–Trinajstić information content (AvgIpc) is 2.04. The molecule has 0 aromatic heterocycles. The first-order chi connectivity index (χ1) is 5.31. The zero-order chi connectivity index (χ0) is 8.53. The van der Waals surface area contributed by atoms with Crippen LogP contribution in [-0.4, -0.2) is 10.4 Å². The van der Waals surface area contributed by atoms with Crippen LogP contribution in [0.25, 0.3) is 0 Å². The average molecular weight is 176 g/mol. The third-order valence-electron chi connectivity index (χ3n) is 1.63. The molecule has 0 aromatic rings. The molecule has 0 aromatic carbocycles. The monoisotopic (exact) mass is 176 g/mol. The molecule has 0 saturated carbocycles. The topological polar surface area (TPSA) is 37.3 Å². The molecular formula is C8H17O2P. The van der Waals surface area contributed by atoms with Crippen LogP contribution in [0.2, 0.25) is 0 Å². The van der Waals surface area contributed by atoms with Crippen molar-refractivity contribution in [3.8, 4) is 0 Å². The van der Waals surface area contributed by atoms with Crippen molar-refractivity contribution in [3.63, 3.8) is 0 Å². The lowest BCUT2D eigenvalue weighted by Gasteiger charge is -1.97. The zero-order valence-electron chi connectivity index (χ0n) is 7.10. The van der Waals surface area contributed by atoms with Crippen LogP contribution < -0.4 is 0 Å². The summed E-state index contributed by atoms with van der Waals surface area (Å²) in [6, 6.07) is 0. The van der Waals surface area contributed by atoms with Crippen molar-refractivity contribution >= 4 is 14.3 Å². The lowest BCUT2D eigenvalue weighted by Crippen LogP contribution is -1.88. The molecule has 1 atom stereocenters. The molecule has 2 nitrogen and oxygen atoms in total. The molecule has 0 saturated heterocycles. The maximum Gasteiger partial charge on any atom is 0.178 e. The van der Waals surface area contributed by atoms with Gasteiger partial charge < -0.3 is 4.89 Å². The first kappa shape index (κ1) is 11.1. The molecule has 3 heteroatoms. The van der Waals surface area contributed by atoms with Crippen molar-refractivity contribution < 1.29 is 9.69 Å². The van der Waals surface area contributed by atoms with Crippen LogP contribution in [0, 0.1) is 0 Å². The first-order valence-electron chi connectivity index (χ1n) is 4.24. The van der Waals surface area contributed by atoms with Gasteiger partial charge in [-0.05, 0) is 6.42 Å². The van der Waals surface area contributed by atoms with E-state index >= 15 is 0 Å². The van der Waals surface area contributed by atoms with Gasteiger partial charge in [-0.2, -0.15) is 0 Å². The minimum atomic E-state index is -0.495. The molecule has 11 heavy (non-hydrogen) atoms. The highest BCUT2D eigenvalue weighted by Crippen LogP contribution is 2.12. The predicted octanol–water partition coefficient (Wildman–Crippen LogP) is 2.46. The van der Waals surface area contributed by atoms with Crippen LogP contribution in [0.15, 0.2) is 0 Å². The number of carbonyl (C=O) groups excluding carboxylic acids is 1. The zero-order valence-corrected chi connectivity index (χ0v) is 8.10. The molecule has 0 fully saturated rings. The second kappa shape index (κ2) is 8.16. The SMILES string of the molecule is CCCCCCCC(=O)PO. The molecule has 0 rings (SSSR count). The highest BCUT2D eigenvalue weighted by molar-refractivity contribution is 7.52. The normalized spacial score (nSPS) is 11.1. The van der Waals surface area contributed by atoms with Crippen LogP contribution in [0.1, 0.15) is 45.4 Å². The Hall–Kier alpha value is 0.0600. The van der Waals surface area contributed by atoms with Crippen molar-refractivity contribution in [2.75, 3.05) is 0 Å². The van der Waals surface area contributed by atoms with E-state index in [9.17, 15) is 4.79 Å². The van der Waals surface area contributed by atoms with Crippen molar-refractivity contribution in [2.45, 2.75) is 45.4 Å². The highest BCUT2D eigenvalue weighted by atomic mass is 31.1. The fourth-order valence-corrected chi connectivity index (χ4v) is 1.23. The summed E-state index contributed by atoms with van der Waals surface area (Å²) in [6.45, 7) is 2.17. The van der Waals surface area contributed by atoms with Gasteiger partial charge in [-0.15, -0.1) is 0 Å². The highest BCUT2D eigenvalue weighted by Gasteiger charge is 1.97. The second-order valence-corrected chi connectivity index (χ2v) is 3.48. The maximum absolute atomic E-state index is 10.6. The van der Waals surface area contributed by atoms with Gasteiger partial charge in [0.05, 0.1) is 8.81 Å². The molecule has 1 unspecified atom stereocenters. The molecule has 0 heterocycles. The minimum absolute atomic E-state index is 0.00139. The number of hydrogen-bond donors (Lipinski definition) is 1. The molecule has 0 amide bonds. The van der Waals surface area contributed by atoms with Gasteiger partial charge in [0.1, 0.15) is 0 Å². The number of carbonyl (C=O) groups is 1. The lowest BCUT2D eigenvalue weighted by molar-refractivity contribution is -0.111. The van der Waals surface area contributed by atoms with Gasteiger partial charge >= 0.3 is 0 Å². The van der Waals surface area contributed by atoms with Crippen molar-refractivity contribution in [1.29, 1.82) is 0 Å². The molecule has 0 radical (unpaired) electrons. The number of hydrogen-bond acceptors (Lipinski definition) is 2. The standard InChI is InChI=1S/C8H17O2P/c1-2-3-4-5-6-7-8(9)11-10/h10-11H,2-7H2,1H3. The fourth-order valence-electron chi connectivity index (χ4n) is 0.945. The summed E-state index contributed by atoms with van der Waals surface area (Å²) in [5.41, 5.74) is 0.00139. The molecule has 0 bridgehead atoms. The van der Waals surface area contributed by atoms with Crippen LogP contribution in [-0.2, 0) is 4.79 Å². The summed E-state index contributed by atoms with van der Waals surface area (Å²) in [7, 11) is -0.495. The predicted molar refractivity (Wildman–Crippen MR) is 48.9 cm³/mol. The molecule has 0 aliphatic heterocycles. The Kier molecular flexibility index (Phi) is 8.20. The Morgan fingerprint density at radius 2 is 1.91 bits per heavy atom. The van der Waals surface area contributed by atoms with Gasteiger partial charge in [-0.3, -0.25) is 4.79 Å². The summed E-state index contributed by atoms with van der Waals surface area (Å²) >= 11 is 0. The number of unbranched alkanes of at least 4 members (excludes halogenated alkanes) is 4. The van der Waals surface area contributed by atoms with Gasteiger partial charge in [-0.1, -0.05) is 32.6 Å². The van der Waals surface area contributed by atoms with Crippen LogP contribution in [0.5, 0.6) is 0 Å². The van der Waals surface area contributed by atoms with E-state index in [0.29, 0.717) is 6.42 Å². The third kappa shape index (κ3) is 7.96. The van der Waals surface area contributed by atoms with Crippen molar-refractivity contribution in [1.82, 2.24) is 0 Å². The van der Waals surface area contributed by atoms with E-state index in [1.165, 1.54) is 19.3 Å². The Morgan fingerprint density at radius 3 is 2.45 bits per heavy atom. The second-order valence-electron chi connectivity index (χ2n) is 2.70. The van der Waals surface area contributed by atoms with Gasteiger partial charge in [0.25, 0.3) is 0 Å². The van der Waals surface area contributed by atoms with Gasteiger partial charge in [0.2, 0.25) is 0 Å². The Morgan fingerprint density at radius 1 is 1.27 bits per heavy atom. The fraction of sp³-hybridized carbons (Fsp3) is 0.875. The summed E-state index contributed by atoms with van der Waals surface area (Å²) < 4.78 is 0. The Balaban J connectivity index is 2.95. The first-order valence-corrected chi connectivity index (χ1v) is 5.19. The van der Waals surface area contributed by atoms with Gasteiger partial charge in [-0.25, -0.2) is 0 Å². The quantitative estimate of drug-likeness (QED) is 0.478. The molecule has 0 spiro atoms. The summed E-state index contributed by atoms with van der Waals surface area (Å²) in [6.07, 6.45) is 6.36. The molecular weight excluding hydrogens is 159 g/mol. The van der Waals surface area contributed by atoms with Crippen LogP contribution >= 0.6 is 8.81 Å². The lowest BCUT2D eigenvalue weighted by atomic mass is 10.1. The van der Waals surface area contributed by atoms with Crippen LogP contribution in [0.3, 0.4) is 0 Å². The van der Waals surface area contributed by atoms with E-state index in [-0.39, 0.29) is 5.52 Å². The Bertz CT molecular complexity index is 104. The van der Waals surface area contributed by atoms with E-state index in [1.807, 2.05) is 0 Å². The van der Waals surface area contributed by atoms with E-state index in [1.54, 1.807) is 0 Å². The van der Waals surface area contributed by atoms with E-state index in [0.717, 1.165) is 12.8 Å². The minimum Gasteiger partial charge on any atom is -0.369 e. The molecule has 0 aliphatic rings. The smallest absolute Gasteiger partial charge is 0.178 e. The Labute approximate surface area is 70.3 Å².